The number of hydrogen-bond donors (Lipinski definition) is 1. The molecule has 0 aromatic carbocycles. The second-order valence-corrected chi connectivity index (χ2v) is 7.78. The van der Waals surface area contributed by atoms with E-state index < -0.39 is 21.5 Å². The maximum Gasteiger partial charge on any atom is 0.264 e. The second-order valence-electron chi connectivity index (χ2n) is 6.13. The molecule has 1 unspecified atom stereocenters. The monoisotopic (exact) mass is 292 g/mol. The lowest BCUT2D eigenvalue weighted by molar-refractivity contribution is -0.158. The fourth-order valence-electron chi connectivity index (χ4n) is 3.82. The Kier molecular flexibility index (Phi) is 3.18. The summed E-state index contributed by atoms with van der Waals surface area (Å²) in [6, 6.07) is 0. The Balaban J connectivity index is 1.61. The number of fused-ring (bicyclic) bond motifs is 1. The van der Waals surface area contributed by atoms with Crippen LogP contribution in [0.2, 0.25) is 0 Å². The minimum absolute atomic E-state index is 0.145. The molecule has 0 aromatic heterocycles. The van der Waals surface area contributed by atoms with Gasteiger partial charge in [-0.3, -0.25) is 4.18 Å². The van der Waals surface area contributed by atoms with Gasteiger partial charge in [0, 0.05) is 12.8 Å². The van der Waals surface area contributed by atoms with Crippen LogP contribution in [0, 0.1) is 11.8 Å². The van der Waals surface area contributed by atoms with Gasteiger partial charge in [-0.25, -0.2) is 0 Å². The molecule has 0 bridgehead atoms. The molecule has 3 aliphatic rings. The normalized spacial score (nSPS) is 40.9. The summed E-state index contributed by atoms with van der Waals surface area (Å²) in [4.78, 5) is 0. The summed E-state index contributed by atoms with van der Waals surface area (Å²) in [6.45, 7) is 1.13. The van der Waals surface area contributed by atoms with Crippen molar-refractivity contribution >= 4 is 10.1 Å². The van der Waals surface area contributed by atoms with E-state index in [0.717, 1.165) is 19.1 Å². The minimum atomic E-state index is -3.50. The first kappa shape index (κ1) is 13.8. The van der Waals surface area contributed by atoms with E-state index in [1.807, 2.05) is 0 Å². The van der Waals surface area contributed by atoms with E-state index in [2.05, 4.69) is 0 Å². The topological polar surface area (TPSA) is 82.1 Å². The third-order valence-electron chi connectivity index (χ3n) is 4.45. The molecule has 1 N–H and O–H groups in total. The van der Waals surface area contributed by atoms with E-state index in [0.29, 0.717) is 37.9 Å². The Labute approximate surface area is 113 Å². The van der Waals surface area contributed by atoms with E-state index in [9.17, 15) is 13.5 Å². The van der Waals surface area contributed by atoms with Crippen molar-refractivity contribution in [3.63, 3.8) is 0 Å². The molecule has 2 saturated carbocycles. The average molecular weight is 292 g/mol. The molecule has 1 saturated heterocycles. The van der Waals surface area contributed by atoms with Gasteiger partial charge in [-0.2, -0.15) is 8.42 Å². The zero-order valence-corrected chi connectivity index (χ0v) is 11.8. The zero-order valence-electron chi connectivity index (χ0n) is 11.0. The summed E-state index contributed by atoms with van der Waals surface area (Å²) in [7, 11) is -3.50. The van der Waals surface area contributed by atoms with E-state index in [1.165, 1.54) is 0 Å². The van der Waals surface area contributed by atoms with Gasteiger partial charge in [-0.15, -0.1) is 0 Å². The summed E-state index contributed by atoms with van der Waals surface area (Å²) >= 11 is 0. The van der Waals surface area contributed by atoms with Gasteiger partial charge in [0.2, 0.25) is 0 Å². The van der Waals surface area contributed by atoms with Crippen LogP contribution in [0.1, 0.15) is 25.7 Å². The van der Waals surface area contributed by atoms with Crippen molar-refractivity contribution in [2.24, 2.45) is 11.8 Å². The van der Waals surface area contributed by atoms with Crippen LogP contribution in [0.5, 0.6) is 0 Å². The van der Waals surface area contributed by atoms with Crippen LogP contribution in [0.25, 0.3) is 0 Å². The van der Waals surface area contributed by atoms with Gasteiger partial charge in [0.15, 0.2) is 5.79 Å². The largest absolute Gasteiger partial charge is 0.387 e. The molecule has 6 nitrogen and oxygen atoms in total. The molecule has 0 radical (unpaired) electrons. The van der Waals surface area contributed by atoms with Gasteiger partial charge in [0.05, 0.1) is 31.7 Å². The summed E-state index contributed by atoms with van der Waals surface area (Å²) in [5.74, 6) is 0.214. The van der Waals surface area contributed by atoms with E-state index in [1.54, 1.807) is 0 Å². The van der Waals surface area contributed by atoms with Crippen LogP contribution in [0.15, 0.2) is 0 Å². The molecule has 2 aliphatic carbocycles. The second kappa shape index (κ2) is 4.39. The molecule has 3 rings (SSSR count). The van der Waals surface area contributed by atoms with Crippen molar-refractivity contribution in [1.29, 1.82) is 0 Å². The third-order valence-corrected chi connectivity index (χ3v) is 5.00. The number of aliphatic hydroxyl groups is 1. The molecule has 0 aromatic rings. The van der Waals surface area contributed by atoms with Gasteiger partial charge in [0.1, 0.15) is 0 Å². The van der Waals surface area contributed by atoms with Crippen LogP contribution in [0.3, 0.4) is 0 Å². The maximum atomic E-state index is 11.0. The fourth-order valence-corrected chi connectivity index (χ4v) is 4.25. The molecular formula is C12H20O6S. The zero-order chi connectivity index (χ0) is 13.7. The highest BCUT2D eigenvalue weighted by atomic mass is 32.2. The number of ether oxygens (including phenoxy) is 2. The van der Waals surface area contributed by atoms with Crippen LogP contribution in [-0.4, -0.2) is 51.0 Å². The standard InChI is InChI=1S/C12H20O6S/c1-19(14,15)18-8-11(13)4-9-6-12(7-10(9)5-11)16-2-3-17-12/h9-10,13H,2-8H2,1H3/t9-,10+,11?. The Hall–Kier alpha value is -0.210. The Morgan fingerprint density at radius 3 is 2.16 bits per heavy atom. The maximum absolute atomic E-state index is 11.0. The molecule has 3 atom stereocenters. The van der Waals surface area contributed by atoms with Crippen LogP contribution in [-0.2, 0) is 23.8 Å². The minimum Gasteiger partial charge on any atom is -0.387 e. The van der Waals surface area contributed by atoms with Gasteiger partial charge in [-0.1, -0.05) is 0 Å². The lowest BCUT2D eigenvalue weighted by atomic mass is 9.98. The van der Waals surface area contributed by atoms with Gasteiger partial charge >= 0.3 is 0 Å². The summed E-state index contributed by atoms with van der Waals surface area (Å²) in [6.07, 6.45) is 3.70. The molecule has 0 amide bonds. The first-order chi connectivity index (χ1) is 8.79. The van der Waals surface area contributed by atoms with Crippen LogP contribution in [0.4, 0.5) is 0 Å². The summed E-state index contributed by atoms with van der Waals surface area (Å²) in [5, 5.41) is 10.4. The fraction of sp³-hybridized carbons (Fsp3) is 1.00. The highest BCUT2D eigenvalue weighted by Crippen LogP contribution is 2.54. The quantitative estimate of drug-likeness (QED) is 0.751. The number of hydrogen-bond acceptors (Lipinski definition) is 6. The smallest absolute Gasteiger partial charge is 0.264 e. The Bertz CT molecular complexity index is 437. The highest BCUT2D eigenvalue weighted by molar-refractivity contribution is 7.85. The lowest BCUT2D eigenvalue weighted by Crippen LogP contribution is -2.35. The summed E-state index contributed by atoms with van der Waals surface area (Å²) < 4.78 is 38.2. The van der Waals surface area contributed by atoms with Crippen molar-refractivity contribution in [1.82, 2.24) is 0 Å². The van der Waals surface area contributed by atoms with E-state index in [-0.39, 0.29) is 6.61 Å². The Morgan fingerprint density at radius 2 is 1.68 bits per heavy atom. The first-order valence-corrected chi connectivity index (χ1v) is 8.46. The Morgan fingerprint density at radius 1 is 1.16 bits per heavy atom. The molecule has 1 spiro atoms. The van der Waals surface area contributed by atoms with Crippen molar-refractivity contribution in [2.45, 2.75) is 37.1 Å². The van der Waals surface area contributed by atoms with Crippen LogP contribution >= 0.6 is 0 Å². The third kappa shape index (κ3) is 2.80. The van der Waals surface area contributed by atoms with Crippen molar-refractivity contribution in [3.8, 4) is 0 Å². The molecule has 19 heavy (non-hydrogen) atoms. The van der Waals surface area contributed by atoms with Gasteiger partial charge in [-0.05, 0) is 24.7 Å². The highest BCUT2D eigenvalue weighted by Gasteiger charge is 2.56. The van der Waals surface area contributed by atoms with Crippen molar-refractivity contribution in [3.05, 3.63) is 0 Å². The van der Waals surface area contributed by atoms with Crippen molar-refractivity contribution < 1.29 is 27.2 Å². The van der Waals surface area contributed by atoms with E-state index in [4.69, 9.17) is 13.7 Å². The molecular weight excluding hydrogens is 272 g/mol. The van der Waals surface area contributed by atoms with E-state index >= 15 is 0 Å². The number of rotatable bonds is 3. The van der Waals surface area contributed by atoms with Crippen LogP contribution < -0.4 is 0 Å². The first-order valence-electron chi connectivity index (χ1n) is 6.64. The predicted molar refractivity (Wildman–Crippen MR) is 65.8 cm³/mol. The molecule has 3 fully saturated rings. The molecule has 1 heterocycles. The molecule has 110 valence electrons. The predicted octanol–water partition coefficient (Wildman–Crippen LogP) is 0.257. The van der Waals surface area contributed by atoms with Gasteiger partial charge in [0.25, 0.3) is 10.1 Å². The summed E-state index contributed by atoms with van der Waals surface area (Å²) in [5.41, 5.74) is -1.03. The lowest BCUT2D eigenvalue weighted by Gasteiger charge is -2.27. The van der Waals surface area contributed by atoms with Crippen molar-refractivity contribution in [2.75, 3.05) is 26.1 Å². The average Bonchev–Trinajstić information content (AvgIpc) is 2.91. The van der Waals surface area contributed by atoms with Gasteiger partial charge < -0.3 is 14.6 Å². The SMILES string of the molecule is CS(=O)(=O)OCC1(O)C[C@@H]2CC3(C[C@@H]2C1)OCCO3. The molecule has 1 aliphatic heterocycles. The molecule has 7 heteroatoms.